The van der Waals surface area contributed by atoms with Crippen LogP contribution < -0.4 is 5.19 Å². The molecule has 0 spiro atoms. The maximum atomic E-state index is 6.63. The summed E-state index contributed by atoms with van der Waals surface area (Å²) in [6.07, 6.45) is 3.24. The van der Waals surface area contributed by atoms with Crippen molar-refractivity contribution in [1.82, 2.24) is 19.5 Å². The number of para-hydroxylation sites is 3. The number of fused-ring (bicyclic) bond motifs is 4. The number of hydrogen-bond acceptors (Lipinski definition) is 4. The molecule has 7 heteroatoms. The molecule has 0 saturated heterocycles. The number of rotatable bonds is 9. The number of imidazole rings is 1. The van der Waals surface area contributed by atoms with Crippen molar-refractivity contribution in [1.29, 1.82) is 0 Å². The normalized spacial score (nSPS) is 11.8. The fourth-order valence-electron chi connectivity index (χ4n) is 8.47. The summed E-state index contributed by atoms with van der Waals surface area (Å²) < 4.78 is 8.96. The largest absolute Gasteiger partial charge is 0.486 e. The van der Waals surface area contributed by atoms with Crippen LogP contribution in [0.3, 0.4) is 0 Å². The molecule has 0 aliphatic carbocycles. The maximum Gasteiger partial charge on any atom is 0.216 e. The van der Waals surface area contributed by atoms with Crippen LogP contribution in [-0.2, 0) is 26.5 Å². The van der Waals surface area contributed by atoms with Gasteiger partial charge in [-0.25, -0.2) is 4.98 Å². The topological polar surface area (TPSA) is 56.7 Å². The molecule has 0 aliphatic heterocycles. The molecular formula is C55H56IrN4OSi-2. The van der Waals surface area contributed by atoms with E-state index in [9.17, 15) is 0 Å². The van der Waals surface area contributed by atoms with Crippen molar-refractivity contribution in [3.05, 3.63) is 162 Å². The third-order valence-corrected chi connectivity index (χ3v) is 13.5. The van der Waals surface area contributed by atoms with Crippen LogP contribution >= 0.6 is 0 Å². The Bertz CT molecular complexity index is 2950. The molecule has 1 radical (unpaired) electrons. The Balaban J connectivity index is 0.000000233. The minimum Gasteiger partial charge on any atom is -0.486 e. The van der Waals surface area contributed by atoms with E-state index in [0.29, 0.717) is 23.5 Å². The van der Waals surface area contributed by atoms with Gasteiger partial charge in [0.25, 0.3) is 0 Å². The second-order valence-electron chi connectivity index (χ2n) is 18.3. The number of benzene rings is 5. The average Bonchev–Trinajstić information content (AvgIpc) is 3.83. The van der Waals surface area contributed by atoms with Gasteiger partial charge in [0, 0.05) is 42.9 Å². The first-order valence-corrected chi connectivity index (χ1v) is 25.2. The fraction of sp³-hybridized carbons (Fsp3) is 0.255. The van der Waals surface area contributed by atoms with Crippen molar-refractivity contribution in [2.45, 2.75) is 86.4 Å². The van der Waals surface area contributed by atoms with E-state index in [1.807, 2.05) is 42.5 Å². The number of nitrogens with zero attached hydrogens (tertiary/aromatic N) is 4. The van der Waals surface area contributed by atoms with Gasteiger partial charge in [-0.15, -0.1) is 53.6 Å². The van der Waals surface area contributed by atoms with E-state index < -0.39 is 8.07 Å². The molecule has 0 saturated carbocycles. The molecule has 0 amide bonds. The average molecular weight is 1010 g/mol. The molecule has 0 fully saturated rings. The molecule has 0 atom stereocenters. The summed E-state index contributed by atoms with van der Waals surface area (Å²) in [4.78, 5) is 14.9. The van der Waals surface area contributed by atoms with Gasteiger partial charge in [0.1, 0.15) is 0 Å². The molecule has 4 aromatic heterocycles. The Morgan fingerprint density at radius 2 is 1.42 bits per heavy atom. The summed E-state index contributed by atoms with van der Waals surface area (Å²) in [5.74, 6) is 2.17. The SMILES string of the molecule is CC(C)Cc1cc(-c2[c-]cccc2)ncc1[Si](C)(C)C.Cc1c[c-]c(-c2nc3ccccc3n2-c2c(C(C)C)cccc2C(C)C)c2oc3nc(-c4ccccc4)ccc3c12.[Ir]. The smallest absolute Gasteiger partial charge is 0.216 e. The Labute approximate surface area is 382 Å². The molecule has 9 rings (SSSR count). The van der Waals surface area contributed by atoms with Crippen molar-refractivity contribution in [3.63, 3.8) is 0 Å². The summed E-state index contributed by atoms with van der Waals surface area (Å²) in [6.45, 7) is 22.9. The van der Waals surface area contributed by atoms with E-state index in [4.69, 9.17) is 14.4 Å². The van der Waals surface area contributed by atoms with Gasteiger partial charge in [0.15, 0.2) is 0 Å². The van der Waals surface area contributed by atoms with E-state index in [-0.39, 0.29) is 20.1 Å². The molecule has 5 aromatic carbocycles. The van der Waals surface area contributed by atoms with Gasteiger partial charge in [-0.3, -0.25) is 4.98 Å². The van der Waals surface area contributed by atoms with Crippen molar-refractivity contribution in [3.8, 4) is 39.6 Å². The first-order chi connectivity index (χ1) is 29.3. The molecule has 0 N–H and O–H groups in total. The van der Waals surface area contributed by atoms with E-state index >= 15 is 0 Å². The summed E-state index contributed by atoms with van der Waals surface area (Å²) in [7, 11) is -1.34. The third-order valence-electron chi connectivity index (χ3n) is 11.4. The second-order valence-corrected chi connectivity index (χ2v) is 23.3. The molecule has 9 aromatic rings. The first kappa shape index (κ1) is 44.6. The number of hydrogen-bond donors (Lipinski definition) is 0. The number of pyridine rings is 2. The van der Waals surface area contributed by atoms with E-state index in [1.165, 1.54) is 27.6 Å². The monoisotopic (exact) mass is 1010 g/mol. The molecule has 4 heterocycles. The van der Waals surface area contributed by atoms with Crippen molar-refractivity contribution < 1.29 is 24.5 Å². The van der Waals surface area contributed by atoms with Gasteiger partial charge in [0.2, 0.25) is 5.71 Å². The van der Waals surface area contributed by atoms with Crippen molar-refractivity contribution in [2.24, 2.45) is 5.92 Å². The zero-order chi connectivity index (χ0) is 43.0. The molecule has 317 valence electrons. The summed E-state index contributed by atoms with van der Waals surface area (Å²) in [5.41, 5.74) is 14.7. The summed E-state index contributed by atoms with van der Waals surface area (Å²) >= 11 is 0. The van der Waals surface area contributed by atoms with Gasteiger partial charge in [-0.1, -0.05) is 151 Å². The van der Waals surface area contributed by atoms with E-state index in [2.05, 4.69) is 175 Å². The van der Waals surface area contributed by atoms with Crippen LogP contribution in [0, 0.1) is 25.0 Å². The van der Waals surface area contributed by atoms with Gasteiger partial charge in [-0.05, 0) is 70.4 Å². The fourth-order valence-corrected chi connectivity index (χ4v) is 10.1. The zero-order valence-corrected chi connectivity index (χ0v) is 41.0. The van der Waals surface area contributed by atoms with E-state index in [1.54, 1.807) is 0 Å². The van der Waals surface area contributed by atoms with Crippen LogP contribution in [0.1, 0.15) is 75.6 Å². The quantitative estimate of drug-likeness (QED) is 0.107. The molecule has 5 nitrogen and oxygen atoms in total. The van der Waals surface area contributed by atoms with Crippen LogP contribution in [-0.4, -0.2) is 27.6 Å². The third kappa shape index (κ3) is 8.90. The standard InChI is InChI=1S/C37H32N3O.C18H24NSi.Ir/c1-22(2)26-14-11-15-27(23(3)4)34(26)40-32-17-10-9-16-31(32)38-36(40)29-19-18-24(5)33-28-20-21-30(25-12-7-6-8-13-25)39-37(28)41-35(29)33;1-14(2)11-16-12-17(15-9-7-6-8-10-15)19-13-18(16)20(3,4)5;/h6-18,20-23H,1-5H3;6-9,12-14H,11H2,1-5H3;/q2*-1;. The van der Waals surface area contributed by atoms with Gasteiger partial charge < -0.3 is 14.0 Å². The van der Waals surface area contributed by atoms with Crippen LogP contribution in [0.15, 0.2) is 132 Å². The number of aromatic nitrogens is 4. The molecule has 62 heavy (non-hydrogen) atoms. The Morgan fingerprint density at radius 3 is 2.08 bits per heavy atom. The van der Waals surface area contributed by atoms with Crippen LogP contribution in [0.4, 0.5) is 0 Å². The minimum atomic E-state index is -1.34. The predicted molar refractivity (Wildman–Crippen MR) is 259 cm³/mol. The van der Waals surface area contributed by atoms with Crippen LogP contribution in [0.25, 0.3) is 72.7 Å². The van der Waals surface area contributed by atoms with E-state index in [0.717, 1.165) is 73.3 Å². The molecule has 0 aliphatic rings. The Morgan fingerprint density at radius 1 is 0.726 bits per heavy atom. The number of furan rings is 1. The van der Waals surface area contributed by atoms with Crippen molar-refractivity contribution in [2.75, 3.05) is 0 Å². The first-order valence-electron chi connectivity index (χ1n) is 21.7. The zero-order valence-electron chi connectivity index (χ0n) is 37.6. The number of aryl methyl sites for hydroxylation is 1. The second kappa shape index (κ2) is 18.5. The van der Waals surface area contributed by atoms with Gasteiger partial charge in [-0.2, -0.15) is 0 Å². The molecule has 0 bridgehead atoms. The van der Waals surface area contributed by atoms with Gasteiger partial charge in [0.05, 0.1) is 36.2 Å². The Hall–Kier alpha value is -5.46. The van der Waals surface area contributed by atoms with Crippen LogP contribution in [0.5, 0.6) is 0 Å². The predicted octanol–water partition coefficient (Wildman–Crippen LogP) is 14.3. The molecular weight excluding hydrogens is 953 g/mol. The van der Waals surface area contributed by atoms with Gasteiger partial charge >= 0.3 is 0 Å². The van der Waals surface area contributed by atoms with Crippen LogP contribution in [0.2, 0.25) is 19.6 Å². The summed E-state index contributed by atoms with van der Waals surface area (Å²) in [5, 5.41) is 3.55. The molecule has 0 unspecified atom stereocenters. The minimum absolute atomic E-state index is 0. The Kier molecular flexibility index (Phi) is 13.3. The van der Waals surface area contributed by atoms with Crippen molar-refractivity contribution >= 4 is 46.4 Å². The summed E-state index contributed by atoms with van der Waals surface area (Å²) in [6, 6.07) is 48.7. The maximum absolute atomic E-state index is 6.63.